The molecule has 0 aromatic heterocycles. The van der Waals surface area contributed by atoms with Crippen molar-refractivity contribution in [2.24, 2.45) is 5.41 Å². The Kier molecular flexibility index (Phi) is 6.48. The van der Waals surface area contributed by atoms with Crippen molar-refractivity contribution in [3.8, 4) is 0 Å². The number of amides is 1. The Hall–Kier alpha value is -2.15. The molecule has 2 heterocycles. The Morgan fingerprint density at radius 2 is 1.77 bits per heavy atom. The summed E-state index contributed by atoms with van der Waals surface area (Å²) in [5.41, 5.74) is -0.155. The molecule has 8 heteroatoms. The quantitative estimate of drug-likeness (QED) is 0.471. The van der Waals surface area contributed by atoms with Crippen LogP contribution in [-0.4, -0.2) is 29.6 Å². The van der Waals surface area contributed by atoms with E-state index in [1.165, 1.54) is 12.1 Å². The van der Waals surface area contributed by atoms with Crippen molar-refractivity contribution < 1.29 is 18.7 Å². The number of esters is 1. The molecular weight excluding hydrogens is 490 g/mol. The number of benzene rings is 2. The first kappa shape index (κ1) is 25.9. The summed E-state index contributed by atoms with van der Waals surface area (Å²) in [5.74, 6) is -1.99. The summed E-state index contributed by atoms with van der Waals surface area (Å²) in [6.45, 7) is 11.6. The number of hydrogen-bond acceptors (Lipinski definition) is 4. The number of ether oxygens (including phenoxy) is 1. The highest BCUT2D eigenvalue weighted by molar-refractivity contribution is 6.31. The zero-order valence-corrected chi connectivity index (χ0v) is 22.3. The second-order valence-corrected chi connectivity index (χ2v) is 12.5. The number of carbonyl (C=O) groups is 2. The molecule has 2 aromatic rings. The van der Waals surface area contributed by atoms with E-state index >= 15 is 0 Å². The minimum Gasteiger partial charge on any atom is -0.459 e. The minimum atomic E-state index is -1.17. The average molecular weight is 521 g/mol. The SMILES string of the molecule is CC(C)(C)C[C@@H]1NC(C(=O)OC(C)(C)C)[C@H](c2ccc(F)c(Cl)c2)C12C(=O)Nc1cc(Cl)ccc12. The number of carbonyl (C=O) groups excluding carboxylic acids is 2. The Morgan fingerprint density at radius 1 is 1.09 bits per heavy atom. The lowest BCUT2D eigenvalue weighted by Crippen LogP contribution is -2.49. The van der Waals surface area contributed by atoms with E-state index in [4.69, 9.17) is 27.9 Å². The lowest BCUT2D eigenvalue weighted by atomic mass is 9.62. The van der Waals surface area contributed by atoms with E-state index in [1.807, 2.05) is 6.07 Å². The van der Waals surface area contributed by atoms with Crippen molar-refractivity contribution in [3.05, 3.63) is 63.4 Å². The van der Waals surface area contributed by atoms with E-state index < -0.39 is 40.8 Å². The average Bonchev–Trinajstić information content (AvgIpc) is 3.17. The van der Waals surface area contributed by atoms with Gasteiger partial charge in [-0.3, -0.25) is 14.9 Å². The molecule has 1 amide bonds. The smallest absolute Gasteiger partial charge is 0.324 e. The van der Waals surface area contributed by atoms with Crippen LogP contribution in [0.5, 0.6) is 0 Å². The van der Waals surface area contributed by atoms with E-state index in [0.29, 0.717) is 22.7 Å². The molecule has 4 rings (SSSR count). The monoisotopic (exact) mass is 520 g/mol. The van der Waals surface area contributed by atoms with Gasteiger partial charge in [0.1, 0.15) is 22.9 Å². The Labute approximate surface area is 215 Å². The van der Waals surface area contributed by atoms with Crippen molar-refractivity contribution in [3.63, 3.8) is 0 Å². The van der Waals surface area contributed by atoms with Gasteiger partial charge in [0, 0.05) is 22.7 Å². The third kappa shape index (κ3) is 4.68. The largest absolute Gasteiger partial charge is 0.459 e. The third-order valence-corrected chi connectivity index (χ3v) is 7.11. The highest BCUT2D eigenvalue weighted by Gasteiger charge is 2.66. The zero-order valence-electron chi connectivity index (χ0n) is 20.8. The highest BCUT2D eigenvalue weighted by atomic mass is 35.5. The summed E-state index contributed by atoms with van der Waals surface area (Å²) in [6, 6.07) is 8.37. The number of rotatable bonds is 3. The number of nitrogens with one attached hydrogen (secondary N) is 2. The molecule has 2 aliphatic rings. The van der Waals surface area contributed by atoms with Crippen LogP contribution in [0.2, 0.25) is 10.0 Å². The Bertz CT molecular complexity index is 1190. The van der Waals surface area contributed by atoms with Crippen LogP contribution in [-0.2, 0) is 19.7 Å². The maximum atomic E-state index is 14.2. The van der Waals surface area contributed by atoms with Crippen LogP contribution in [0.25, 0.3) is 0 Å². The number of hydrogen-bond donors (Lipinski definition) is 2. The first-order chi connectivity index (χ1) is 16.1. The summed E-state index contributed by atoms with van der Waals surface area (Å²) >= 11 is 12.4. The summed E-state index contributed by atoms with van der Waals surface area (Å²) in [4.78, 5) is 27.6. The predicted molar refractivity (Wildman–Crippen MR) is 137 cm³/mol. The lowest BCUT2D eigenvalue weighted by molar-refractivity contribution is -0.157. The molecule has 2 aliphatic heterocycles. The number of fused-ring (bicyclic) bond motifs is 2. The van der Waals surface area contributed by atoms with E-state index in [-0.39, 0.29) is 16.3 Å². The van der Waals surface area contributed by atoms with Crippen molar-refractivity contribution in [1.29, 1.82) is 0 Å². The van der Waals surface area contributed by atoms with Gasteiger partial charge in [-0.25, -0.2) is 4.39 Å². The van der Waals surface area contributed by atoms with Gasteiger partial charge in [0.2, 0.25) is 5.91 Å². The maximum absolute atomic E-state index is 14.2. The zero-order chi connectivity index (χ0) is 25.9. The van der Waals surface area contributed by atoms with Gasteiger partial charge in [-0.2, -0.15) is 0 Å². The Balaban J connectivity index is 1.99. The van der Waals surface area contributed by atoms with Crippen LogP contribution >= 0.6 is 23.2 Å². The molecule has 4 atom stereocenters. The van der Waals surface area contributed by atoms with Gasteiger partial charge in [0.15, 0.2) is 0 Å². The van der Waals surface area contributed by atoms with Gasteiger partial charge in [0.05, 0.1) is 5.02 Å². The van der Waals surface area contributed by atoms with Crippen LogP contribution in [0, 0.1) is 11.2 Å². The van der Waals surface area contributed by atoms with Crippen LogP contribution < -0.4 is 10.6 Å². The van der Waals surface area contributed by atoms with E-state index in [9.17, 15) is 14.0 Å². The second kappa shape index (κ2) is 8.75. The second-order valence-electron chi connectivity index (χ2n) is 11.7. The van der Waals surface area contributed by atoms with E-state index in [2.05, 4.69) is 31.4 Å². The van der Waals surface area contributed by atoms with Crippen LogP contribution in [0.1, 0.15) is 65.0 Å². The lowest BCUT2D eigenvalue weighted by Gasteiger charge is -2.37. The number of anilines is 1. The number of halogens is 3. The van der Waals surface area contributed by atoms with Crippen molar-refractivity contribution in [2.45, 2.75) is 77.0 Å². The Morgan fingerprint density at radius 3 is 2.37 bits per heavy atom. The van der Waals surface area contributed by atoms with Crippen molar-refractivity contribution in [2.75, 3.05) is 5.32 Å². The molecule has 0 bridgehead atoms. The van der Waals surface area contributed by atoms with Gasteiger partial charge in [-0.15, -0.1) is 0 Å². The molecule has 5 nitrogen and oxygen atoms in total. The fraction of sp³-hybridized carbons (Fsp3) is 0.481. The molecule has 0 aliphatic carbocycles. The normalized spacial score (nSPS) is 26.1. The molecule has 188 valence electrons. The van der Waals surface area contributed by atoms with Gasteiger partial charge < -0.3 is 10.1 Å². The highest BCUT2D eigenvalue weighted by Crippen LogP contribution is 2.57. The molecule has 2 aromatic carbocycles. The molecule has 0 radical (unpaired) electrons. The van der Waals surface area contributed by atoms with E-state index in [0.717, 1.165) is 5.56 Å². The van der Waals surface area contributed by atoms with Gasteiger partial charge in [-0.05, 0) is 68.0 Å². The fourth-order valence-electron chi connectivity index (χ4n) is 5.47. The van der Waals surface area contributed by atoms with Gasteiger partial charge in [0.25, 0.3) is 0 Å². The standard InChI is InChI=1S/C27H31Cl2FN2O3/c1-25(2,3)13-20-27(16-9-8-15(28)12-19(16)31-24(27)34)21(14-7-10-18(30)17(29)11-14)22(32-20)23(33)35-26(4,5)6/h7-12,20-22,32H,13H2,1-6H3,(H,31,34)/t20-,21-,22?,27?/m0/s1. The van der Waals surface area contributed by atoms with Crippen molar-refractivity contribution in [1.82, 2.24) is 5.32 Å². The van der Waals surface area contributed by atoms with Crippen LogP contribution in [0.4, 0.5) is 10.1 Å². The molecule has 2 unspecified atom stereocenters. The summed E-state index contributed by atoms with van der Waals surface area (Å²) in [7, 11) is 0. The van der Waals surface area contributed by atoms with Crippen LogP contribution in [0.3, 0.4) is 0 Å². The molecule has 1 saturated heterocycles. The minimum absolute atomic E-state index is 0.0744. The van der Waals surface area contributed by atoms with Crippen molar-refractivity contribution >= 4 is 40.8 Å². The van der Waals surface area contributed by atoms with Gasteiger partial charge >= 0.3 is 5.97 Å². The fourth-order valence-corrected chi connectivity index (χ4v) is 5.83. The van der Waals surface area contributed by atoms with E-state index in [1.54, 1.807) is 39.0 Å². The first-order valence-electron chi connectivity index (χ1n) is 11.7. The first-order valence-corrected chi connectivity index (χ1v) is 12.4. The van der Waals surface area contributed by atoms with Crippen LogP contribution in [0.15, 0.2) is 36.4 Å². The molecule has 35 heavy (non-hydrogen) atoms. The molecular formula is C27H31Cl2FN2O3. The summed E-state index contributed by atoms with van der Waals surface area (Å²) in [5, 5.41) is 6.88. The molecule has 1 fully saturated rings. The predicted octanol–water partition coefficient (Wildman–Crippen LogP) is 6.22. The molecule has 2 N–H and O–H groups in total. The molecule has 0 saturated carbocycles. The topological polar surface area (TPSA) is 67.4 Å². The summed E-state index contributed by atoms with van der Waals surface area (Å²) in [6.07, 6.45) is 0.590. The van der Waals surface area contributed by atoms with Gasteiger partial charge in [-0.1, -0.05) is 56.1 Å². The maximum Gasteiger partial charge on any atom is 0.324 e. The summed E-state index contributed by atoms with van der Waals surface area (Å²) < 4.78 is 19.9. The third-order valence-electron chi connectivity index (χ3n) is 6.59. The molecule has 1 spiro atoms.